The normalized spacial score (nSPS) is 22.9. The van der Waals surface area contributed by atoms with E-state index in [0.717, 1.165) is 6.54 Å². The van der Waals surface area contributed by atoms with Gasteiger partial charge < -0.3 is 5.32 Å². The first-order chi connectivity index (χ1) is 7.15. The summed E-state index contributed by atoms with van der Waals surface area (Å²) in [5.41, 5.74) is 0.567. The molecule has 1 N–H and O–H groups in total. The van der Waals surface area contributed by atoms with Crippen LogP contribution in [0.25, 0.3) is 0 Å². The maximum atomic E-state index is 3.51. The summed E-state index contributed by atoms with van der Waals surface area (Å²) in [6.07, 6.45) is 3.95. The summed E-state index contributed by atoms with van der Waals surface area (Å²) in [7, 11) is 0. The van der Waals surface area contributed by atoms with Crippen LogP contribution >= 0.6 is 12.4 Å². The van der Waals surface area contributed by atoms with Gasteiger partial charge in [-0.25, -0.2) is 0 Å². The van der Waals surface area contributed by atoms with E-state index in [9.17, 15) is 0 Å². The molecule has 1 aliphatic heterocycles. The Morgan fingerprint density at radius 2 is 1.75 bits per heavy atom. The molecule has 0 amide bonds. The van der Waals surface area contributed by atoms with Gasteiger partial charge in [-0.05, 0) is 31.6 Å². The molecule has 0 aliphatic carbocycles. The highest BCUT2D eigenvalue weighted by Gasteiger charge is 2.28. The second-order valence-corrected chi connectivity index (χ2v) is 5.15. The molecule has 0 unspecified atom stereocenters. The van der Waals surface area contributed by atoms with E-state index in [0.29, 0.717) is 11.5 Å². The van der Waals surface area contributed by atoms with Crippen LogP contribution in [0, 0.1) is 5.41 Å². The maximum absolute atomic E-state index is 3.51. The predicted molar refractivity (Wildman–Crippen MR) is 74.5 cm³/mol. The van der Waals surface area contributed by atoms with Crippen molar-refractivity contribution in [1.82, 2.24) is 10.2 Å². The molecule has 0 saturated carbocycles. The quantitative estimate of drug-likeness (QED) is 0.805. The third kappa shape index (κ3) is 4.23. The van der Waals surface area contributed by atoms with Crippen molar-refractivity contribution in [2.45, 2.75) is 53.0 Å². The molecule has 1 aliphatic rings. The molecule has 16 heavy (non-hydrogen) atoms. The second-order valence-electron chi connectivity index (χ2n) is 5.15. The van der Waals surface area contributed by atoms with Gasteiger partial charge in [-0.15, -0.1) is 12.4 Å². The minimum Gasteiger partial charge on any atom is -0.312 e. The summed E-state index contributed by atoms with van der Waals surface area (Å²) in [4.78, 5) is 2.65. The Labute approximate surface area is 108 Å². The molecular formula is C13H29ClN2. The molecule has 0 aromatic rings. The summed E-state index contributed by atoms with van der Waals surface area (Å²) in [5, 5.41) is 3.51. The van der Waals surface area contributed by atoms with E-state index >= 15 is 0 Å². The summed E-state index contributed by atoms with van der Waals surface area (Å²) < 4.78 is 0. The summed E-state index contributed by atoms with van der Waals surface area (Å²) in [6, 6.07) is 0.669. The first-order valence-electron chi connectivity index (χ1n) is 6.61. The fourth-order valence-corrected chi connectivity index (χ4v) is 2.72. The molecule has 2 nitrogen and oxygen atoms in total. The van der Waals surface area contributed by atoms with Crippen LogP contribution in [0.4, 0.5) is 0 Å². The first-order valence-corrected chi connectivity index (χ1v) is 6.61. The smallest absolute Gasteiger partial charge is 0.0167 e. The van der Waals surface area contributed by atoms with Crippen LogP contribution in [0.1, 0.15) is 47.0 Å². The van der Waals surface area contributed by atoms with Crippen molar-refractivity contribution in [1.29, 1.82) is 0 Å². The Bertz CT molecular complexity index is 173. The van der Waals surface area contributed by atoms with Gasteiger partial charge in [-0.1, -0.05) is 20.8 Å². The van der Waals surface area contributed by atoms with Gasteiger partial charge in [0.25, 0.3) is 0 Å². The number of piperazine rings is 1. The number of hydrogen-bond acceptors (Lipinski definition) is 2. The van der Waals surface area contributed by atoms with Crippen molar-refractivity contribution in [2.75, 3.05) is 26.2 Å². The van der Waals surface area contributed by atoms with Crippen LogP contribution < -0.4 is 5.32 Å². The SMILES string of the molecule is CCC(CC)(CC)CN1CCN[C@@H](C)C1.Cl. The van der Waals surface area contributed by atoms with E-state index in [4.69, 9.17) is 0 Å². The van der Waals surface area contributed by atoms with Crippen molar-refractivity contribution in [2.24, 2.45) is 5.41 Å². The summed E-state index contributed by atoms with van der Waals surface area (Å²) in [5.74, 6) is 0. The molecule has 0 bridgehead atoms. The molecule has 0 aromatic heterocycles. The van der Waals surface area contributed by atoms with Crippen LogP contribution in [0.5, 0.6) is 0 Å². The van der Waals surface area contributed by atoms with Crippen molar-refractivity contribution in [3.05, 3.63) is 0 Å². The zero-order valence-corrected chi connectivity index (χ0v) is 12.2. The molecule has 0 aromatic carbocycles. The van der Waals surface area contributed by atoms with Crippen molar-refractivity contribution in [3.63, 3.8) is 0 Å². The zero-order chi connectivity index (χ0) is 11.3. The van der Waals surface area contributed by atoms with Crippen LogP contribution in [0.15, 0.2) is 0 Å². The Morgan fingerprint density at radius 3 is 2.19 bits per heavy atom. The van der Waals surface area contributed by atoms with Crippen molar-refractivity contribution in [3.8, 4) is 0 Å². The molecule has 1 saturated heterocycles. The highest BCUT2D eigenvalue weighted by atomic mass is 35.5. The van der Waals surface area contributed by atoms with E-state index in [1.54, 1.807) is 0 Å². The lowest BCUT2D eigenvalue weighted by Crippen LogP contribution is -2.52. The average molecular weight is 249 g/mol. The lowest BCUT2D eigenvalue weighted by molar-refractivity contribution is 0.108. The number of nitrogens with zero attached hydrogens (tertiary/aromatic N) is 1. The Balaban J connectivity index is 0.00000225. The Morgan fingerprint density at radius 1 is 1.19 bits per heavy atom. The number of halogens is 1. The van der Waals surface area contributed by atoms with E-state index in [-0.39, 0.29) is 12.4 Å². The monoisotopic (exact) mass is 248 g/mol. The Kier molecular flexibility index (Phi) is 7.62. The topological polar surface area (TPSA) is 15.3 Å². The van der Waals surface area contributed by atoms with Gasteiger partial charge in [0, 0.05) is 32.2 Å². The standard InChI is InChI=1S/C13H28N2.ClH/c1-5-13(6-2,7-3)11-15-9-8-14-12(4)10-15;/h12,14H,5-11H2,1-4H3;1H/t12-;/m0./s1. The number of hydrogen-bond donors (Lipinski definition) is 1. The van der Waals surface area contributed by atoms with Gasteiger partial charge in [-0.3, -0.25) is 4.90 Å². The van der Waals surface area contributed by atoms with E-state index in [1.165, 1.54) is 38.9 Å². The van der Waals surface area contributed by atoms with Crippen LogP contribution in [0.2, 0.25) is 0 Å². The van der Waals surface area contributed by atoms with Crippen LogP contribution in [-0.2, 0) is 0 Å². The molecular weight excluding hydrogens is 220 g/mol. The van der Waals surface area contributed by atoms with Gasteiger partial charge in [0.15, 0.2) is 0 Å². The third-order valence-corrected chi connectivity index (χ3v) is 4.26. The molecule has 1 atom stereocenters. The average Bonchev–Trinajstić information content (AvgIpc) is 2.26. The van der Waals surface area contributed by atoms with Crippen molar-refractivity contribution < 1.29 is 0 Å². The second kappa shape index (κ2) is 7.52. The molecule has 3 heteroatoms. The fraction of sp³-hybridized carbons (Fsp3) is 1.00. The van der Waals surface area contributed by atoms with E-state index in [2.05, 4.69) is 37.9 Å². The lowest BCUT2D eigenvalue weighted by Gasteiger charge is -2.40. The van der Waals surface area contributed by atoms with Gasteiger partial charge in [0.1, 0.15) is 0 Å². The Hall–Kier alpha value is 0.210. The van der Waals surface area contributed by atoms with Crippen LogP contribution in [0.3, 0.4) is 0 Å². The molecule has 0 spiro atoms. The van der Waals surface area contributed by atoms with Gasteiger partial charge >= 0.3 is 0 Å². The zero-order valence-electron chi connectivity index (χ0n) is 11.4. The predicted octanol–water partition coefficient (Wildman–Crippen LogP) is 2.92. The van der Waals surface area contributed by atoms with Crippen molar-refractivity contribution >= 4 is 12.4 Å². The highest BCUT2D eigenvalue weighted by molar-refractivity contribution is 5.85. The van der Waals surface area contributed by atoms with Gasteiger partial charge in [-0.2, -0.15) is 0 Å². The number of rotatable bonds is 5. The molecule has 98 valence electrons. The highest BCUT2D eigenvalue weighted by Crippen LogP contribution is 2.31. The van der Waals surface area contributed by atoms with Gasteiger partial charge in [0.2, 0.25) is 0 Å². The minimum atomic E-state index is 0. The minimum absolute atomic E-state index is 0. The molecule has 1 fully saturated rings. The summed E-state index contributed by atoms with van der Waals surface area (Å²) in [6.45, 7) is 14.2. The molecule has 1 heterocycles. The third-order valence-electron chi connectivity index (χ3n) is 4.26. The lowest BCUT2D eigenvalue weighted by atomic mass is 9.79. The van der Waals surface area contributed by atoms with Crippen LogP contribution in [-0.4, -0.2) is 37.1 Å². The van der Waals surface area contributed by atoms with Gasteiger partial charge in [0.05, 0.1) is 0 Å². The molecule has 1 rings (SSSR count). The first kappa shape index (κ1) is 16.2. The number of nitrogens with one attached hydrogen (secondary N) is 1. The van der Waals surface area contributed by atoms with E-state index < -0.39 is 0 Å². The summed E-state index contributed by atoms with van der Waals surface area (Å²) >= 11 is 0. The largest absolute Gasteiger partial charge is 0.312 e. The molecule has 0 radical (unpaired) electrons. The fourth-order valence-electron chi connectivity index (χ4n) is 2.72. The van der Waals surface area contributed by atoms with E-state index in [1.807, 2.05) is 0 Å². The maximum Gasteiger partial charge on any atom is 0.0167 e.